The molecule has 1 fully saturated rings. The first kappa shape index (κ1) is 23.6. The molecule has 1 unspecified atom stereocenters. The number of amides is 2. The minimum absolute atomic E-state index is 0.0301. The van der Waals surface area contributed by atoms with Crippen LogP contribution in [-0.4, -0.2) is 68.7 Å². The van der Waals surface area contributed by atoms with Crippen molar-refractivity contribution in [1.29, 1.82) is 0 Å². The molecule has 33 heavy (non-hydrogen) atoms. The quantitative estimate of drug-likeness (QED) is 0.468. The maximum Gasteiger partial charge on any atom is 0.242 e. The molecule has 2 amide bonds. The van der Waals surface area contributed by atoms with Gasteiger partial charge in [-0.1, -0.05) is 6.07 Å². The molecule has 1 aromatic heterocycles. The van der Waals surface area contributed by atoms with Gasteiger partial charge in [0.1, 0.15) is 18.1 Å². The summed E-state index contributed by atoms with van der Waals surface area (Å²) >= 11 is 1.72. The molecule has 1 atom stereocenters. The Morgan fingerprint density at radius 2 is 2.00 bits per heavy atom. The van der Waals surface area contributed by atoms with Crippen molar-refractivity contribution >= 4 is 23.2 Å². The fraction of sp³-hybridized carbons (Fsp3) is 0.520. The lowest BCUT2D eigenvalue weighted by atomic mass is 10.0. The van der Waals surface area contributed by atoms with Crippen LogP contribution in [0.15, 0.2) is 35.7 Å². The number of hydrogen-bond acceptors (Lipinski definition) is 6. The average Bonchev–Trinajstić information content (AvgIpc) is 3.58. The average molecular weight is 473 g/mol. The molecule has 0 N–H and O–H groups in total. The predicted octanol–water partition coefficient (Wildman–Crippen LogP) is 3.54. The van der Waals surface area contributed by atoms with Gasteiger partial charge in [0.2, 0.25) is 11.8 Å². The Labute approximate surface area is 199 Å². The van der Waals surface area contributed by atoms with E-state index in [4.69, 9.17) is 14.2 Å². The second kappa shape index (κ2) is 11.0. The summed E-state index contributed by atoms with van der Waals surface area (Å²) in [4.78, 5) is 31.2. The van der Waals surface area contributed by atoms with E-state index in [9.17, 15) is 9.59 Å². The second-order valence-corrected chi connectivity index (χ2v) is 9.52. The van der Waals surface area contributed by atoms with Crippen molar-refractivity contribution in [3.8, 4) is 11.5 Å². The van der Waals surface area contributed by atoms with Gasteiger partial charge in [-0.25, -0.2) is 0 Å². The summed E-state index contributed by atoms with van der Waals surface area (Å²) in [6, 6.07) is 9.39. The zero-order chi connectivity index (χ0) is 23.2. The smallest absolute Gasteiger partial charge is 0.242 e. The van der Waals surface area contributed by atoms with Gasteiger partial charge in [0.25, 0.3) is 0 Å². The van der Waals surface area contributed by atoms with Crippen LogP contribution in [-0.2, 0) is 20.7 Å². The van der Waals surface area contributed by atoms with E-state index in [1.54, 1.807) is 30.5 Å². The number of methoxy groups -OCH3 is 2. The summed E-state index contributed by atoms with van der Waals surface area (Å²) in [5.41, 5.74) is 1.14. The SMILES string of the molecule is COCCCN(CC(=O)N1CCc2sccc2C1COc1cccc(OC)c1)C(=O)C1CC1. The lowest BCUT2D eigenvalue weighted by Crippen LogP contribution is -2.48. The van der Waals surface area contributed by atoms with E-state index in [2.05, 4.69) is 11.4 Å². The molecule has 178 valence electrons. The molecule has 2 aliphatic rings. The van der Waals surface area contributed by atoms with E-state index in [0.717, 1.165) is 37.0 Å². The van der Waals surface area contributed by atoms with Crippen LogP contribution >= 0.6 is 11.3 Å². The van der Waals surface area contributed by atoms with E-state index >= 15 is 0 Å². The van der Waals surface area contributed by atoms with Gasteiger partial charge in [-0.2, -0.15) is 0 Å². The molecule has 8 heteroatoms. The Balaban J connectivity index is 1.47. The van der Waals surface area contributed by atoms with E-state index in [-0.39, 0.29) is 30.3 Å². The fourth-order valence-corrected chi connectivity index (χ4v) is 5.18. The van der Waals surface area contributed by atoms with Crippen molar-refractivity contribution in [2.75, 3.05) is 47.1 Å². The third kappa shape index (κ3) is 5.86. The first-order valence-corrected chi connectivity index (χ1v) is 12.4. The van der Waals surface area contributed by atoms with Crippen LogP contribution in [0.1, 0.15) is 35.7 Å². The highest BCUT2D eigenvalue weighted by molar-refractivity contribution is 7.10. The molecule has 7 nitrogen and oxygen atoms in total. The van der Waals surface area contributed by atoms with Crippen molar-refractivity contribution in [3.05, 3.63) is 46.2 Å². The number of thiophene rings is 1. The topological polar surface area (TPSA) is 68.3 Å². The third-order valence-electron chi connectivity index (χ3n) is 6.21. The van der Waals surface area contributed by atoms with Crippen LogP contribution in [0, 0.1) is 5.92 Å². The summed E-state index contributed by atoms with van der Waals surface area (Å²) in [5, 5.41) is 2.07. The number of carbonyl (C=O) groups is 2. The summed E-state index contributed by atoms with van der Waals surface area (Å²) < 4.78 is 16.5. The zero-order valence-corrected chi connectivity index (χ0v) is 20.1. The number of carbonyl (C=O) groups excluding carboxylic acids is 2. The van der Waals surface area contributed by atoms with Gasteiger partial charge < -0.3 is 24.0 Å². The van der Waals surface area contributed by atoms with Gasteiger partial charge in [0.15, 0.2) is 0 Å². The van der Waals surface area contributed by atoms with Crippen molar-refractivity contribution < 1.29 is 23.8 Å². The van der Waals surface area contributed by atoms with E-state index < -0.39 is 0 Å². The molecule has 1 saturated carbocycles. The third-order valence-corrected chi connectivity index (χ3v) is 7.20. The van der Waals surface area contributed by atoms with Gasteiger partial charge in [-0.05, 0) is 54.8 Å². The maximum atomic E-state index is 13.5. The lowest BCUT2D eigenvalue weighted by molar-refractivity contribution is -0.143. The number of fused-ring (bicyclic) bond motifs is 1. The molecule has 1 aromatic carbocycles. The highest BCUT2D eigenvalue weighted by Crippen LogP contribution is 2.35. The molecule has 2 aromatic rings. The normalized spacial score (nSPS) is 17.4. The van der Waals surface area contributed by atoms with Crippen LogP contribution in [0.25, 0.3) is 0 Å². The van der Waals surface area contributed by atoms with Crippen molar-refractivity contribution in [3.63, 3.8) is 0 Å². The van der Waals surface area contributed by atoms with Crippen LogP contribution in [0.2, 0.25) is 0 Å². The Morgan fingerprint density at radius 1 is 1.18 bits per heavy atom. The van der Waals surface area contributed by atoms with Gasteiger partial charge in [-0.15, -0.1) is 11.3 Å². The molecule has 0 saturated heterocycles. The molecule has 0 radical (unpaired) electrons. The molecule has 0 bridgehead atoms. The molecule has 1 aliphatic heterocycles. The van der Waals surface area contributed by atoms with Crippen LogP contribution in [0.3, 0.4) is 0 Å². The highest BCUT2D eigenvalue weighted by atomic mass is 32.1. The maximum absolute atomic E-state index is 13.5. The Kier molecular flexibility index (Phi) is 7.88. The van der Waals surface area contributed by atoms with Crippen molar-refractivity contribution in [2.45, 2.75) is 31.7 Å². The minimum Gasteiger partial charge on any atom is -0.497 e. The second-order valence-electron chi connectivity index (χ2n) is 8.52. The summed E-state index contributed by atoms with van der Waals surface area (Å²) in [7, 11) is 3.27. The first-order chi connectivity index (χ1) is 16.1. The lowest BCUT2D eigenvalue weighted by Gasteiger charge is -2.37. The monoisotopic (exact) mass is 472 g/mol. The predicted molar refractivity (Wildman–Crippen MR) is 127 cm³/mol. The van der Waals surface area contributed by atoms with Gasteiger partial charge in [-0.3, -0.25) is 9.59 Å². The Hall–Kier alpha value is -2.58. The minimum atomic E-state index is -0.185. The van der Waals surface area contributed by atoms with E-state index in [1.807, 2.05) is 29.2 Å². The molecular weight excluding hydrogens is 440 g/mol. The standard InChI is InChI=1S/C25H32N2O5S/c1-30-13-4-11-26(25(29)18-7-8-18)16-24(28)27-12-9-23-21(10-14-33-23)22(27)17-32-20-6-3-5-19(15-20)31-2/h3,5-6,10,14-15,18,22H,4,7-9,11-13,16-17H2,1-2H3. The van der Waals surface area contributed by atoms with Gasteiger partial charge in [0.05, 0.1) is 19.7 Å². The fourth-order valence-electron chi connectivity index (χ4n) is 4.25. The van der Waals surface area contributed by atoms with Gasteiger partial charge >= 0.3 is 0 Å². The summed E-state index contributed by atoms with van der Waals surface area (Å²) in [6.45, 7) is 2.19. The van der Waals surface area contributed by atoms with E-state index in [1.165, 1.54) is 4.88 Å². The van der Waals surface area contributed by atoms with Crippen molar-refractivity contribution in [1.82, 2.24) is 9.80 Å². The van der Waals surface area contributed by atoms with Crippen LogP contribution in [0.4, 0.5) is 0 Å². The number of benzene rings is 1. The highest BCUT2D eigenvalue weighted by Gasteiger charge is 2.37. The Bertz CT molecular complexity index is 958. The first-order valence-electron chi connectivity index (χ1n) is 11.5. The number of ether oxygens (including phenoxy) is 3. The number of nitrogens with zero attached hydrogens (tertiary/aromatic N) is 2. The van der Waals surface area contributed by atoms with Crippen LogP contribution in [0.5, 0.6) is 11.5 Å². The molecule has 1 aliphatic carbocycles. The largest absolute Gasteiger partial charge is 0.497 e. The summed E-state index contributed by atoms with van der Waals surface area (Å²) in [5.74, 6) is 1.58. The van der Waals surface area contributed by atoms with Crippen molar-refractivity contribution in [2.24, 2.45) is 5.92 Å². The number of rotatable bonds is 11. The number of hydrogen-bond donors (Lipinski definition) is 0. The molecule has 2 heterocycles. The zero-order valence-electron chi connectivity index (χ0n) is 19.3. The summed E-state index contributed by atoms with van der Waals surface area (Å²) in [6.07, 6.45) is 3.40. The molecule has 4 rings (SSSR count). The van der Waals surface area contributed by atoms with Crippen LogP contribution < -0.4 is 9.47 Å². The molecule has 0 spiro atoms. The van der Waals surface area contributed by atoms with E-state index in [0.29, 0.717) is 32.1 Å². The Morgan fingerprint density at radius 3 is 2.76 bits per heavy atom. The molecular formula is C25H32N2O5S. The van der Waals surface area contributed by atoms with Gasteiger partial charge in [0, 0.05) is 43.7 Å².